The first-order chi connectivity index (χ1) is 7.41. The molecule has 0 fully saturated rings. The third-order valence-electron chi connectivity index (χ3n) is 2.69. The highest BCUT2D eigenvalue weighted by molar-refractivity contribution is 8.13. The third-order valence-corrected chi connectivity index (χ3v) is 5.95. The molecular weight excluding hydrogens is 234 g/mol. The van der Waals surface area contributed by atoms with Gasteiger partial charge in [-0.15, -0.1) is 0 Å². The monoisotopic (exact) mass is 261 g/mol. The average Bonchev–Trinajstić information content (AvgIpc) is 2.16. The first-order valence-corrected chi connectivity index (χ1v) is 10.8. The summed E-state index contributed by atoms with van der Waals surface area (Å²) in [6, 6.07) is 0. The molecule has 0 aromatic heterocycles. The van der Waals surface area contributed by atoms with E-state index in [1.165, 1.54) is 11.8 Å². The van der Waals surface area contributed by atoms with E-state index < -0.39 is 8.24 Å². The van der Waals surface area contributed by atoms with Crippen LogP contribution in [0, 0.1) is 0 Å². The molecule has 2 nitrogen and oxygen atoms in total. The van der Waals surface area contributed by atoms with Gasteiger partial charge in [0.05, 0.1) is 0 Å². The van der Waals surface area contributed by atoms with Crippen molar-refractivity contribution in [3.63, 3.8) is 0 Å². The van der Waals surface area contributed by atoms with Crippen LogP contribution in [0.25, 0.3) is 0 Å². The van der Waals surface area contributed by atoms with Crippen LogP contribution < -0.4 is 0 Å². The van der Waals surface area contributed by atoms with Crippen LogP contribution in [0.5, 0.6) is 0 Å². The van der Waals surface area contributed by atoms with Crippen LogP contribution in [-0.4, -0.2) is 36.8 Å². The highest BCUT2D eigenvalue weighted by Crippen LogP contribution is 2.12. The Labute approximate surface area is 106 Å². The second kappa shape index (κ2) is 8.31. The quantitative estimate of drug-likeness (QED) is 0.492. The summed E-state index contributed by atoms with van der Waals surface area (Å²) >= 11 is 1.46. The molecule has 16 heavy (non-hydrogen) atoms. The number of carbonyl (C=O) groups is 1. The van der Waals surface area contributed by atoms with E-state index in [1.54, 1.807) is 0 Å². The van der Waals surface area contributed by atoms with Crippen molar-refractivity contribution < 1.29 is 4.79 Å². The molecule has 96 valence electrons. The molecule has 0 unspecified atom stereocenters. The fourth-order valence-electron chi connectivity index (χ4n) is 1.77. The van der Waals surface area contributed by atoms with Crippen LogP contribution in [0.1, 0.15) is 33.1 Å². The largest absolute Gasteiger partial charge is 0.324 e. The van der Waals surface area contributed by atoms with E-state index in [2.05, 4.69) is 31.1 Å². The van der Waals surface area contributed by atoms with Gasteiger partial charge in [-0.25, -0.2) is 0 Å². The van der Waals surface area contributed by atoms with Crippen molar-refractivity contribution in [3.05, 3.63) is 0 Å². The maximum absolute atomic E-state index is 11.3. The summed E-state index contributed by atoms with van der Waals surface area (Å²) in [7, 11) is -1.14. The van der Waals surface area contributed by atoms with E-state index in [4.69, 9.17) is 0 Å². The Kier molecular flexibility index (Phi) is 8.41. The molecule has 0 aromatic rings. The second-order valence-electron chi connectivity index (χ2n) is 5.01. The van der Waals surface area contributed by atoms with E-state index in [-0.39, 0.29) is 0 Å². The summed E-state index contributed by atoms with van der Waals surface area (Å²) in [5.41, 5.74) is 0. The van der Waals surface area contributed by atoms with Gasteiger partial charge in [-0.05, 0) is 31.7 Å². The van der Waals surface area contributed by atoms with Crippen LogP contribution in [0.2, 0.25) is 19.6 Å². The number of thioether (sulfide) groups is 1. The van der Waals surface area contributed by atoms with Gasteiger partial charge in [0.1, 0.15) is 8.24 Å². The normalized spacial score (nSPS) is 12.1. The van der Waals surface area contributed by atoms with Gasteiger partial charge in [-0.2, -0.15) is 0 Å². The molecule has 0 amide bonds. The van der Waals surface area contributed by atoms with Gasteiger partial charge >= 0.3 is 0 Å². The highest BCUT2D eigenvalue weighted by atomic mass is 32.2. The second-order valence-corrected chi connectivity index (χ2v) is 11.3. The Bertz CT molecular complexity index is 204. The summed E-state index contributed by atoms with van der Waals surface area (Å²) < 4.78 is 2.60. The van der Waals surface area contributed by atoms with E-state index >= 15 is 0 Å². The summed E-state index contributed by atoms with van der Waals surface area (Å²) in [5, 5.41) is 0.360. The van der Waals surface area contributed by atoms with Gasteiger partial charge < -0.3 is 4.57 Å². The zero-order chi connectivity index (χ0) is 12.6. The fourth-order valence-corrected chi connectivity index (χ4v) is 4.16. The minimum atomic E-state index is -1.14. The minimum absolute atomic E-state index is 0.360. The lowest BCUT2D eigenvalue weighted by molar-refractivity contribution is -0.111. The minimum Gasteiger partial charge on any atom is -0.324 e. The smallest absolute Gasteiger partial charge is 0.188 e. The molecule has 0 atom stereocenters. The van der Waals surface area contributed by atoms with Gasteiger partial charge in [0.2, 0.25) is 0 Å². The maximum atomic E-state index is 11.3. The summed E-state index contributed by atoms with van der Waals surface area (Å²) in [6.45, 7) is 13.7. The number of unbranched alkanes of at least 4 members (excludes halogenated alkanes) is 1. The van der Waals surface area contributed by atoms with Crippen molar-refractivity contribution in [2.24, 2.45) is 0 Å². The molecule has 0 saturated carbocycles. The van der Waals surface area contributed by atoms with Crippen molar-refractivity contribution in [1.29, 1.82) is 0 Å². The standard InChI is InChI=1S/C12H27NOSSi/c1-6-13(16(3,4)5)11-9-8-10-12(14)15-7-2/h6-11H2,1-5H3. The lowest BCUT2D eigenvalue weighted by Crippen LogP contribution is -2.46. The van der Waals surface area contributed by atoms with Gasteiger partial charge in [0.15, 0.2) is 5.12 Å². The highest BCUT2D eigenvalue weighted by Gasteiger charge is 2.21. The van der Waals surface area contributed by atoms with Crippen LogP contribution in [0.3, 0.4) is 0 Å². The Morgan fingerprint density at radius 3 is 2.25 bits per heavy atom. The molecule has 0 aromatic carbocycles. The zero-order valence-electron chi connectivity index (χ0n) is 11.5. The number of carbonyl (C=O) groups excluding carboxylic acids is 1. The van der Waals surface area contributed by atoms with Crippen molar-refractivity contribution in [2.45, 2.75) is 52.8 Å². The predicted molar refractivity (Wildman–Crippen MR) is 77.6 cm³/mol. The van der Waals surface area contributed by atoms with Crippen LogP contribution in [-0.2, 0) is 4.79 Å². The molecule has 0 aliphatic carbocycles. The molecular formula is C12H27NOSSi. The Hall–Kier alpha value is 0.197. The van der Waals surface area contributed by atoms with Crippen molar-refractivity contribution in [2.75, 3.05) is 18.8 Å². The Morgan fingerprint density at radius 2 is 1.81 bits per heavy atom. The van der Waals surface area contributed by atoms with Crippen molar-refractivity contribution >= 4 is 25.1 Å². The summed E-state index contributed by atoms with van der Waals surface area (Å²) in [4.78, 5) is 11.3. The molecule has 0 bridgehead atoms. The fraction of sp³-hybridized carbons (Fsp3) is 0.917. The van der Waals surface area contributed by atoms with Gasteiger partial charge in [0.25, 0.3) is 0 Å². The molecule has 0 aliphatic heterocycles. The topological polar surface area (TPSA) is 20.3 Å². The van der Waals surface area contributed by atoms with E-state index in [9.17, 15) is 4.79 Å². The molecule has 4 heteroatoms. The van der Waals surface area contributed by atoms with Gasteiger partial charge in [-0.1, -0.05) is 45.3 Å². The molecule has 0 saturated heterocycles. The number of hydrogen-bond acceptors (Lipinski definition) is 3. The van der Waals surface area contributed by atoms with E-state index in [0.29, 0.717) is 5.12 Å². The average molecular weight is 262 g/mol. The summed E-state index contributed by atoms with van der Waals surface area (Å²) in [5.74, 6) is 0.912. The lowest BCUT2D eigenvalue weighted by Gasteiger charge is -2.32. The van der Waals surface area contributed by atoms with Crippen molar-refractivity contribution in [3.8, 4) is 0 Å². The number of nitrogens with zero attached hydrogens (tertiary/aromatic N) is 1. The zero-order valence-corrected chi connectivity index (χ0v) is 13.3. The maximum Gasteiger partial charge on any atom is 0.188 e. The number of rotatable bonds is 8. The predicted octanol–water partition coefficient (Wildman–Crippen LogP) is 3.59. The third kappa shape index (κ3) is 7.47. The van der Waals surface area contributed by atoms with E-state index in [0.717, 1.165) is 38.1 Å². The molecule has 0 N–H and O–H groups in total. The van der Waals surface area contributed by atoms with Gasteiger partial charge in [0, 0.05) is 6.42 Å². The van der Waals surface area contributed by atoms with E-state index in [1.807, 2.05) is 6.92 Å². The molecule has 0 rings (SSSR count). The summed E-state index contributed by atoms with van der Waals surface area (Å²) in [6.07, 6.45) is 2.96. The molecule has 0 aliphatic rings. The SMILES string of the molecule is CCSC(=O)CCCCN(CC)[Si](C)(C)C. The molecule has 0 heterocycles. The first-order valence-electron chi connectivity index (χ1n) is 6.32. The lowest BCUT2D eigenvalue weighted by atomic mass is 10.2. The molecule has 0 radical (unpaired) electrons. The number of hydrogen-bond donors (Lipinski definition) is 0. The Balaban J connectivity index is 3.68. The Morgan fingerprint density at radius 1 is 1.19 bits per heavy atom. The van der Waals surface area contributed by atoms with Gasteiger partial charge in [-0.3, -0.25) is 4.79 Å². The van der Waals surface area contributed by atoms with Crippen LogP contribution in [0.4, 0.5) is 0 Å². The van der Waals surface area contributed by atoms with Crippen LogP contribution in [0.15, 0.2) is 0 Å². The molecule has 0 spiro atoms. The van der Waals surface area contributed by atoms with Crippen LogP contribution >= 0.6 is 11.8 Å². The van der Waals surface area contributed by atoms with Crippen molar-refractivity contribution in [1.82, 2.24) is 4.57 Å². The first kappa shape index (κ1) is 16.2.